The van der Waals surface area contributed by atoms with Crippen LogP contribution in [0.25, 0.3) is 0 Å². The van der Waals surface area contributed by atoms with Gasteiger partial charge in [-0.3, -0.25) is 9.69 Å². The lowest BCUT2D eigenvalue weighted by Crippen LogP contribution is -2.43. The first kappa shape index (κ1) is 18.2. The van der Waals surface area contributed by atoms with Crippen molar-refractivity contribution in [3.05, 3.63) is 34.9 Å². The summed E-state index contributed by atoms with van der Waals surface area (Å²) >= 11 is 6.04. The molecular weight excluding hydrogens is 312 g/mol. The van der Waals surface area contributed by atoms with Gasteiger partial charge < -0.3 is 10.1 Å². The highest BCUT2D eigenvalue weighted by atomic mass is 35.5. The van der Waals surface area contributed by atoms with Crippen LogP contribution < -0.4 is 5.32 Å². The van der Waals surface area contributed by atoms with Crippen LogP contribution in [0.15, 0.2) is 24.3 Å². The fourth-order valence-electron chi connectivity index (χ4n) is 2.98. The fraction of sp³-hybridized carbons (Fsp3) is 0.611. The van der Waals surface area contributed by atoms with Crippen molar-refractivity contribution in [2.24, 2.45) is 5.92 Å². The topological polar surface area (TPSA) is 41.6 Å². The van der Waals surface area contributed by atoms with Gasteiger partial charge in [-0.05, 0) is 50.4 Å². The number of rotatable bonds is 8. The molecule has 1 amide bonds. The third-order valence-corrected chi connectivity index (χ3v) is 4.38. The quantitative estimate of drug-likeness (QED) is 0.741. The van der Waals surface area contributed by atoms with Crippen LogP contribution >= 0.6 is 11.6 Å². The van der Waals surface area contributed by atoms with Gasteiger partial charge >= 0.3 is 0 Å². The number of nitrogens with zero attached hydrogens (tertiary/aromatic N) is 1. The molecule has 1 N–H and O–H groups in total. The molecule has 1 aromatic rings. The minimum absolute atomic E-state index is 0.0926. The number of carbonyl (C=O) groups is 1. The Bertz CT molecular complexity index is 496. The molecule has 0 radical (unpaired) electrons. The molecule has 1 aliphatic heterocycles. The van der Waals surface area contributed by atoms with E-state index in [2.05, 4.69) is 16.3 Å². The highest BCUT2D eigenvalue weighted by molar-refractivity contribution is 6.30. The van der Waals surface area contributed by atoms with E-state index in [1.54, 1.807) is 0 Å². The minimum atomic E-state index is 0.0926. The third kappa shape index (κ3) is 6.50. The average molecular weight is 339 g/mol. The van der Waals surface area contributed by atoms with Gasteiger partial charge in [-0.1, -0.05) is 23.7 Å². The Morgan fingerprint density at radius 1 is 1.48 bits per heavy atom. The van der Waals surface area contributed by atoms with Crippen LogP contribution in [-0.2, 0) is 16.1 Å². The molecule has 0 aromatic heterocycles. The van der Waals surface area contributed by atoms with Gasteiger partial charge in [-0.25, -0.2) is 0 Å². The number of ether oxygens (including phenoxy) is 1. The first-order valence-corrected chi connectivity index (χ1v) is 8.89. The van der Waals surface area contributed by atoms with Gasteiger partial charge in [-0.2, -0.15) is 0 Å². The molecule has 128 valence electrons. The fourth-order valence-corrected chi connectivity index (χ4v) is 3.19. The van der Waals surface area contributed by atoms with Crippen LogP contribution in [0.4, 0.5) is 0 Å². The molecule has 0 spiro atoms. The Kier molecular flexibility index (Phi) is 7.86. The van der Waals surface area contributed by atoms with E-state index in [4.69, 9.17) is 16.3 Å². The van der Waals surface area contributed by atoms with Gasteiger partial charge in [0.05, 0.1) is 5.92 Å². The molecule has 1 aliphatic rings. The summed E-state index contributed by atoms with van der Waals surface area (Å²) in [6.45, 7) is 6.84. The summed E-state index contributed by atoms with van der Waals surface area (Å²) < 4.78 is 5.28. The van der Waals surface area contributed by atoms with Crippen LogP contribution in [0.1, 0.15) is 31.7 Å². The van der Waals surface area contributed by atoms with Crippen LogP contribution in [-0.4, -0.2) is 43.7 Å². The maximum atomic E-state index is 12.3. The third-order valence-electron chi connectivity index (χ3n) is 4.14. The highest BCUT2D eigenvalue weighted by Crippen LogP contribution is 2.20. The summed E-state index contributed by atoms with van der Waals surface area (Å²) in [4.78, 5) is 14.6. The predicted octanol–water partition coefficient (Wildman–Crippen LogP) is 3.09. The Morgan fingerprint density at radius 2 is 2.35 bits per heavy atom. The molecule has 0 saturated carbocycles. The van der Waals surface area contributed by atoms with Crippen molar-refractivity contribution in [2.75, 3.05) is 32.8 Å². The molecular formula is C18H27ClN2O2. The van der Waals surface area contributed by atoms with Gasteiger partial charge in [0.25, 0.3) is 0 Å². The Morgan fingerprint density at radius 3 is 3.13 bits per heavy atom. The minimum Gasteiger partial charge on any atom is -0.382 e. The van der Waals surface area contributed by atoms with Crippen molar-refractivity contribution in [3.8, 4) is 0 Å². The van der Waals surface area contributed by atoms with E-state index < -0.39 is 0 Å². The van der Waals surface area contributed by atoms with Crippen molar-refractivity contribution in [1.82, 2.24) is 10.2 Å². The summed E-state index contributed by atoms with van der Waals surface area (Å²) in [6, 6.07) is 7.95. The van der Waals surface area contributed by atoms with Crippen LogP contribution in [0, 0.1) is 5.92 Å². The molecule has 23 heavy (non-hydrogen) atoms. The second-order valence-corrected chi connectivity index (χ2v) is 6.48. The number of amides is 1. The number of piperidine rings is 1. The van der Waals surface area contributed by atoms with E-state index in [0.717, 1.165) is 50.5 Å². The molecule has 2 rings (SSSR count). The summed E-state index contributed by atoms with van der Waals surface area (Å²) in [6.07, 6.45) is 2.92. The van der Waals surface area contributed by atoms with Crippen LogP contribution in [0.3, 0.4) is 0 Å². The molecule has 1 atom stereocenters. The maximum absolute atomic E-state index is 12.3. The smallest absolute Gasteiger partial charge is 0.224 e. The number of hydrogen-bond acceptors (Lipinski definition) is 3. The summed E-state index contributed by atoms with van der Waals surface area (Å²) in [5.74, 6) is 0.271. The number of halogens is 1. The Hall–Kier alpha value is -1.10. The van der Waals surface area contributed by atoms with Crippen molar-refractivity contribution in [2.45, 2.75) is 32.7 Å². The lowest BCUT2D eigenvalue weighted by Gasteiger charge is -2.32. The van der Waals surface area contributed by atoms with Crippen molar-refractivity contribution in [3.63, 3.8) is 0 Å². The van der Waals surface area contributed by atoms with Gasteiger partial charge in [0, 0.05) is 37.9 Å². The van der Waals surface area contributed by atoms with Crippen molar-refractivity contribution < 1.29 is 9.53 Å². The molecule has 5 heteroatoms. The molecule has 1 heterocycles. The first-order valence-electron chi connectivity index (χ1n) is 8.51. The summed E-state index contributed by atoms with van der Waals surface area (Å²) in [5.41, 5.74) is 1.20. The zero-order valence-electron chi connectivity index (χ0n) is 13.9. The van der Waals surface area contributed by atoms with E-state index in [0.29, 0.717) is 13.2 Å². The normalized spacial score (nSPS) is 18.8. The molecule has 0 aliphatic carbocycles. The first-order chi connectivity index (χ1) is 11.2. The monoisotopic (exact) mass is 338 g/mol. The van der Waals surface area contributed by atoms with Gasteiger partial charge in [0.1, 0.15) is 0 Å². The van der Waals surface area contributed by atoms with E-state index >= 15 is 0 Å². The molecule has 1 aromatic carbocycles. The average Bonchev–Trinajstić information content (AvgIpc) is 2.55. The second kappa shape index (κ2) is 9.91. The molecule has 4 nitrogen and oxygen atoms in total. The van der Waals surface area contributed by atoms with E-state index in [1.807, 2.05) is 25.1 Å². The zero-order valence-corrected chi connectivity index (χ0v) is 14.6. The van der Waals surface area contributed by atoms with E-state index in [-0.39, 0.29) is 11.8 Å². The second-order valence-electron chi connectivity index (χ2n) is 6.05. The Labute approximate surface area is 144 Å². The SMILES string of the molecule is CCOCCCNC(=O)C1CCCN(Cc2cccc(Cl)c2)C1. The Balaban J connectivity index is 1.75. The number of carbonyl (C=O) groups excluding carboxylic acids is 1. The lowest BCUT2D eigenvalue weighted by molar-refractivity contribution is -0.126. The lowest BCUT2D eigenvalue weighted by atomic mass is 9.96. The summed E-state index contributed by atoms with van der Waals surface area (Å²) in [7, 11) is 0. The van der Waals surface area contributed by atoms with Gasteiger partial charge in [-0.15, -0.1) is 0 Å². The molecule has 1 fully saturated rings. The highest BCUT2D eigenvalue weighted by Gasteiger charge is 2.25. The van der Waals surface area contributed by atoms with E-state index in [1.165, 1.54) is 5.56 Å². The zero-order chi connectivity index (χ0) is 16.5. The van der Waals surface area contributed by atoms with E-state index in [9.17, 15) is 4.79 Å². The predicted molar refractivity (Wildman–Crippen MR) is 93.6 cm³/mol. The molecule has 1 unspecified atom stereocenters. The van der Waals surface area contributed by atoms with Gasteiger partial charge in [0.2, 0.25) is 5.91 Å². The molecule has 1 saturated heterocycles. The van der Waals surface area contributed by atoms with Crippen LogP contribution in [0.2, 0.25) is 5.02 Å². The number of benzene rings is 1. The molecule has 0 bridgehead atoms. The summed E-state index contributed by atoms with van der Waals surface area (Å²) in [5, 5.41) is 3.80. The van der Waals surface area contributed by atoms with Crippen molar-refractivity contribution >= 4 is 17.5 Å². The van der Waals surface area contributed by atoms with Crippen molar-refractivity contribution in [1.29, 1.82) is 0 Å². The van der Waals surface area contributed by atoms with Gasteiger partial charge in [0.15, 0.2) is 0 Å². The number of hydrogen-bond donors (Lipinski definition) is 1. The largest absolute Gasteiger partial charge is 0.382 e. The maximum Gasteiger partial charge on any atom is 0.224 e. The standard InChI is InChI=1S/C18H27ClN2O2/c1-2-23-11-5-9-20-18(22)16-7-4-10-21(14-16)13-15-6-3-8-17(19)12-15/h3,6,8,12,16H,2,4-5,7,9-11,13-14H2,1H3,(H,20,22). The van der Waals surface area contributed by atoms with Crippen LogP contribution in [0.5, 0.6) is 0 Å². The number of nitrogens with one attached hydrogen (secondary N) is 1. The number of likely N-dealkylation sites (tertiary alicyclic amines) is 1.